The monoisotopic (exact) mass is 239 g/mol. The zero-order valence-electron chi connectivity index (χ0n) is 10.3. The van der Waals surface area contributed by atoms with Gasteiger partial charge in [0.15, 0.2) is 0 Å². The van der Waals surface area contributed by atoms with E-state index in [1.165, 1.54) is 12.3 Å². The van der Waals surface area contributed by atoms with E-state index < -0.39 is 0 Å². The summed E-state index contributed by atoms with van der Waals surface area (Å²) in [5.74, 6) is -0.424. The number of amides is 1. The molecule has 2 N–H and O–H groups in total. The summed E-state index contributed by atoms with van der Waals surface area (Å²) in [4.78, 5) is 15.3. The van der Waals surface area contributed by atoms with Gasteiger partial charge in [-0.2, -0.15) is 0 Å². The first-order valence-electron chi connectivity index (χ1n) is 5.63. The van der Waals surface area contributed by atoms with Gasteiger partial charge in [-0.15, -0.1) is 0 Å². The minimum Gasteiger partial charge on any atom is -0.353 e. The van der Waals surface area contributed by atoms with E-state index in [2.05, 4.69) is 15.6 Å². The van der Waals surface area contributed by atoms with Crippen LogP contribution in [-0.2, 0) is 4.79 Å². The van der Waals surface area contributed by atoms with Gasteiger partial charge in [0.25, 0.3) is 0 Å². The third-order valence-corrected chi connectivity index (χ3v) is 2.21. The van der Waals surface area contributed by atoms with Crippen molar-refractivity contribution in [2.45, 2.75) is 32.9 Å². The average Bonchev–Trinajstić information content (AvgIpc) is 2.26. The first kappa shape index (κ1) is 13.6. The smallest absolute Gasteiger partial charge is 0.234 e. The highest BCUT2D eigenvalue weighted by atomic mass is 19.1. The molecule has 0 radical (unpaired) electrons. The fourth-order valence-electron chi connectivity index (χ4n) is 1.37. The van der Waals surface area contributed by atoms with Gasteiger partial charge < -0.3 is 10.6 Å². The van der Waals surface area contributed by atoms with Gasteiger partial charge in [0, 0.05) is 12.1 Å². The van der Waals surface area contributed by atoms with E-state index in [1.54, 1.807) is 6.07 Å². The van der Waals surface area contributed by atoms with E-state index >= 15 is 0 Å². The molecule has 1 aromatic rings. The molecule has 0 aromatic carbocycles. The molecule has 0 spiro atoms. The van der Waals surface area contributed by atoms with Gasteiger partial charge in [0.2, 0.25) is 5.91 Å². The normalized spacial score (nSPS) is 12.5. The van der Waals surface area contributed by atoms with E-state index in [9.17, 15) is 9.18 Å². The zero-order valence-corrected chi connectivity index (χ0v) is 10.3. The minimum atomic E-state index is -0.362. The molecule has 17 heavy (non-hydrogen) atoms. The number of aromatic nitrogens is 1. The summed E-state index contributed by atoms with van der Waals surface area (Å²) < 4.78 is 12.7. The molecular weight excluding hydrogens is 221 g/mol. The molecule has 5 heteroatoms. The standard InChI is InChI=1S/C12H18FN3O/c1-8(2)16-12(17)7-14-9(3)11-5-4-10(13)6-15-11/h4-6,8-9,14H,7H2,1-3H3,(H,16,17). The molecule has 0 saturated carbocycles. The summed E-state index contributed by atoms with van der Waals surface area (Å²) in [6.07, 6.45) is 1.17. The van der Waals surface area contributed by atoms with E-state index in [1.807, 2.05) is 20.8 Å². The van der Waals surface area contributed by atoms with Gasteiger partial charge in [-0.05, 0) is 32.9 Å². The quantitative estimate of drug-likeness (QED) is 0.816. The van der Waals surface area contributed by atoms with Crippen molar-refractivity contribution in [3.8, 4) is 0 Å². The molecule has 0 aliphatic rings. The number of pyridine rings is 1. The zero-order chi connectivity index (χ0) is 12.8. The van der Waals surface area contributed by atoms with Crippen LogP contribution in [0.2, 0.25) is 0 Å². The van der Waals surface area contributed by atoms with Crippen molar-refractivity contribution in [3.63, 3.8) is 0 Å². The highest BCUT2D eigenvalue weighted by Crippen LogP contribution is 2.08. The molecular formula is C12H18FN3O. The van der Waals surface area contributed by atoms with Crippen molar-refractivity contribution in [1.29, 1.82) is 0 Å². The van der Waals surface area contributed by atoms with Crippen molar-refractivity contribution < 1.29 is 9.18 Å². The van der Waals surface area contributed by atoms with Crippen LogP contribution in [0.1, 0.15) is 32.5 Å². The van der Waals surface area contributed by atoms with E-state index in [0.29, 0.717) is 5.69 Å². The van der Waals surface area contributed by atoms with Crippen LogP contribution in [0, 0.1) is 5.82 Å². The van der Waals surface area contributed by atoms with Gasteiger partial charge in [0.05, 0.1) is 18.4 Å². The lowest BCUT2D eigenvalue weighted by molar-refractivity contribution is -0.120. The van der Waals surface area contributed by atoms with Crippen molar-refractivity contribution in [2.75, 3.05) is 6.54 Å². The summed E-state index contributed by atoms with van der Waals surface area (Å²) in [5, 5.41) is 5.80. The number of hydrogen-bond donors (Lipinski definition) is 2. The second-order valence-corrected chi connectivity index (χ2v) is 4.23. The molecule has 1 rings (SSSR count). The Balaban J connectivity index is 2.42. The van der Waals surface area contributed by atoms with Gasteiger partial charge in [-0.25, -0.2) is 4.39 Å². The Morgan fingerprint density at radius 3 is 2.65 bits per heavy atom. The largest absolute Gasteiger partial charge is 0.353 e. The Hall–Kier alpha value is -1.49. The van der Waals surface area contributed by atoms with Crippen molar-refractivity contribution in [1.82, 2.24) is 15.6 Å². The van der Waals surface area contributed by atoms with Crippen LogP contribution in [0.4, 0.5) is 4.39 Å². The third kappa shape index (κ3) is 4.91. The maximum Gasteiger partial charge on any atom is 0.234 e. The highest BCUT2D eigenvalue weighted by Gasteiger charge is 2.09. The summed E-state index contributed by atoms with van der Waals surface area (Å²) in [5.41, 5.74) is 0.712. The topological polar surface area (TPSA) is 54.0 Å². The lowest BCUT2D eigenvalue weighted by Gasteiger charge is -2.14. The van der Waals surface area contributed by atoms with Crippen LogP contribution in [0.25, 0.3) is 0 Å². The number of rotatable bonds is 5. The SMILES string of the molecule is CC(C)NC(=O)CNC(C)c1ccc(F)cn1. The van der Waals surface area contributed by atoms with Crippen LogP contribution in [-0.4, -0.2) is 23.5 Å². The summed E-state index contributed by atoms with van der Waals surface area (Å²) in [6, 6.07) is 3.00. The number of halogens is 1. The van der Waals surface area contributed by atoms with Crippen LogP contribution < -0.4 is 10.6 Å². The number of hydrogen-bond acceptors (Lipinski definition) is 3. The van der Waals surface area contributed by atoms with Crippen LogP contribution in [0.5, 0.6) is 0 Å². The molecule has 1 unspecified atom stereocenters. The summed E-state index contributed by atoms with van der Waals surface area (Å²) in [7, 11) is 0. The predicted molar refractivity (Wildman–Crippen MR) is 63.9 cm³/mol. The van der Waals surface area contributed by atoms with E-state index in [-0.39, 0.29) is 30.4 Å². The van der Waals surface area contributed by atoms with Gasteiger partial charge in [-0.3, -0.25) is 9.78 Å². The Morgan fingerprint density at radius 1 is 1.41 bits per heavy atom. The lowest BCUT2D eigenvalue weighted by Crippen LogP contribution is -2.38. The summed E-state index contributed by atoms with van der Waals surface area (Å²) in [6.45, 7) is 5.91. The third-order valence-electron chi connectivity index (χ3n) is 2.21. The molecule has 0 bridgehead atoms. The Kier molecular flexibility index (Phi) is 5.03. The molecule has 0 aliphatic heterocycles. The van der Waals surface area contributed by atoms with E-state index in [0.717, 1.165) is 0 Å². The molecule has 0 saturated heterocycles. The molecule has 0 fully saturated rings. The van der Waals surface area contributed by atoms with Gasteiger partial charge in [0.1, 0.15) is 5.82 Å². The molecule has 4 nitrogen and oxygen atoms in total. The molecule has 94 valence electrons. The molecule has 1 amide bonds. The van der Waals surface area contributed by atoms with Crippen molar-refractivity contribution >= 4 is 5.91 Å². The van der Waals surface area contributed by atoms with Crippen LogP contribution in [0.3, 0.4) is 0 Å². The Labute approximate surface area is 101 Å². The van der Waals surface area contributed by atoms with Crippen LogP contribution in [0.15, 0.2) is 18.3 Å². The van der Waals surface area contributed by atoms with Crippen molar-refractivity contribution in [3.05, 3.63) is 29.8 Å². The summed E-state index contributed by atoms with van der Waals surface area (Å²) >= 11 is 0. The predicted octanol–water partition coefficient (Wildman–Crippen LogP) is 1.40. The second-order valence-electron chi connectivity index (χ2n) is 4.23. The minimum absolute atomic E-state index is 0.0611. The maximum atomic E-state index is 12.7. The Bertz CT molecular complexity index is 365. The molecule has 1 aromatic heterocycles. The van der Waals surface area contributed by atoms with E-state index in [4.69, 9.17) is 0 Å². The fraction of sp³-hybridized carbons (Fsp3) is 0.500. The number of carbonyl (C=O) groups is 1. The Morgan fingerprint density at radius 2 is 2.12 bits per heavy atom. The van der Waals surface area contributed by atoms with Crippen LogP contribution >= 0.6 is 0 Å². The number of nitrogens with one attached hydrogen (secondary N) is 2. The first-order valence-corrected chi connectivity index (χ1v) is 5.63. The molecule has 1 heterocycles. The first-order chi connectivity index (χ1) is 7.99. The highest BCUT2D eigenvalue weighted by molar-refractivity contribution is 5.78. The fourth-order valence-corrected chi connectivity index (χ4v) is 1.37. The molecule has 0 aliphatic carbocycles. The number of nitrogens with zero attached hydrogens (tertiary/aromatic N) is 1. The molecule has 1 atom stereocenters. The maximum absolute atomic E-state index is 12.7. The lowest BCUT2D eigenvalue weighted by atomic mass is 10.2. The number of carbonyl (C=O) groups excluding carboxylic acids is 1. The van der Waals surface area contributed by atoms with Crippen molar-refractivity contribution in [2.24, 2.45) is 0 Å². The van der Waals surface area contributed by atoms with Gasteiger partial charge >= 0.3 is 0 Å². The second kappa shape index (κ2) is 6.30. The average molecular weight is 239 g/mol. The van der Waals surface area contributed by atoms with Gasteiger partial charge in [-0.1, -0.05) is 0 Å².